The molecule has 1 aromatic carbocycles. The fourth-order valence-corrected chi connectivity index (χ4v) is 3.40. The van der Waals surface area contributed by atoms with Crippen molar-refractivity contribution in [2.45, 2.75) is 6.29 Å². The summed E-state index contributed by atoms with van der Waals surface area (Å²) in [5.41, 5.74) is 0.301. The van der Waals surface area contributed by atoms with E-state index < -0.39 is 18.1 Å². The van der Waals surface area contributed by atoms with E-state index in [-0.39, 0.29) is 42.2 Å². The van der Waals surface area contributed by atoms with E-state index in [2.05, 4.69) is 25.1 Å². The summed E-state index contributed by atoms with van der Waals surface area (Å²) in [4.78, 5) is 40.6. The molecule has 0 radical (unpaired) electrons. The van der Waals surface area contributed by atoms with Gasteiger partial charge in [-0.25, -0.2) is 4.98 Å². The van der Waals surface area contributed by atoms with Gasteiger partial charge in [-0.3, -0.25) is 19.7 Å². The van der Waals surface area contributed by atoms with E-state index in [0.29, 0.717) is 10.2 Å². The molecule has 2 N–H and O–H groups in total. The molecule has 12 heteroatoms. The lowest BCUT2D eigenvalue weighted by Crippen LogP contribution is -2.52. The Morgan fingerprint density at radius 2 is 2.04 bits per heavy atom. The van der Waals surface area contributed by atoms with Crippen LogP contribution in [0.4, 0.5) is 13.9 Å². The molecule has 1 aromatic heterocycles. The summed E-state index contributed by atoms with van der Waals surface area (Å²) >= 11 is 0.983. The SMILES string of the molecule is O=C1CN(C(=O)C(=O)Nc2nc3cc4c(cc3s2)OC(F)(F)O4)CCN1. The molecular weight excluding hydrogens is 374 g/mol. The van der Waals surface area contributed by atoms with Crippen molar-refractivity contribution >= 4 is 44.4 Å². The molecule has 9 nitrogen and oxygen atoms in total. The first kappa shape index (κ1) is 16.4. The van der Waals surface area contributed by atoms with Crippen LogP contribution in [-0.2, 0) is 14.4 Å². The van der Waals surface area contributed by atoms with E-state index >= 15 is 0 Å². The lowest BCUT2D eigenvalue weighted by atomic mass is 10.3. The van der Waals surface area contributed by atoms with Gasteiger partial charge in [-0.2, -0.15) is 0 Å². The minimum atomic E-state index is -3.73. The molecule has 2 aliphatic heterocycles. The standard InChI is InChI=1S/C14H10F2N4O5S/c15-14(16)24-7-3-6-9(4-8(7)25-14)26-13(18-6)19-11(22)12(23)20-2-1-17-10(21)5-20/h3-4H,1-2,5H2,(H,17,21)(H,18,19,22). The van der Waals surface area contributed by atoms with Crippen LogP contribution in [0.1, 0.15) is 0 Å². The van der Waals surface area contributed by atoms with Gasteiger partial charge in [0.15, 0.2) is 16.6 Å². The number of hydrogen-bond acceptors (Lipinski definition) is 7. The highest BCUT2D eigenvalue weighted by Crippen LogP contribution is 2.44. The monoisotopic (exact) mass is 384 g/mol. The number of nitrogens with one attached hydrogen (secondary N) is 2. The number of hydrogen-bond donors (Lipinski definition) is 2. The molecule has 1 saturated heterocycles. The third kappa shape index (κ3) is 2.98. The first-order valence-electron chi connectivity index (χ1n) is 7.38. The zero-order valence-electron chi connectivity index (χ0n) is 12.9. The number of piperazine rings is 1. The number of thiazole rings is 1. The van der Waals surface area contributed by atoms with Crippen LogP contribution in [0.25, 0.3) is 10.2 Å². The Morgan fingerprint density at radius 1 is 1.31 bits per heavy atom. The van der Waals surface area contributed by atoms with Crippen molar-refractivity contribution in [3.63, 3.8) is 0 Å². The normalized spacial score (nSPS) is 17.9. The number of anilines is 1. The van der Waals surface area contributed by atoms with Gasteiger partial charge < -0.3 is 19.7 Å². The summed E-state index contributed by atoms with van der Waals surface area (Å²) in [6.45, 7) is 0.310. The fourth-order valence-electron chi connectivity index (χ4n) is 2.53. The smallest absolute Gasteiger partial charge is 0.395 e. The molecule has 3 amide bonds. The van der Waals surface area contributed by atoms with Gasteiger partial charge in [-0.15, -0.1) is 8.78 Å². The average molecular weight is 384 g/mol. The van der Waals surface area contributed by atoms with E-state index in [0.717, 1.165) is 16.2 Å². The molecule has 0 saturated carbocycles. The van der Waals surface area contributed by atoms with E-state index in [1.54, 1.807) is 0 Å². The Morgan fingerprint density at radius 3 is 2.77 bits per heavy atom. The number of halogens is 2. The quantitative estimate of drug-likeness (QED) is 0.694. The predicted octanol–water partition coefficient (Wildman–Crippen LogP) is 0.515. The lowest BCUT2D eigenvalue weighted by molar-refractivity contribution is -0.286. The molecule has 4 rings (SSSR count). The summed E-state index contributed by atoms with van der Waals surface area (Å²) in [6.07, 6.45) is -3.73. The third-order valence-corrected chi connectivity index (χ3v) is 4.59. The van der Waals surface area contributed by atoms with E-state index in [1.165, 1.54) is 12.1 Å². The number of aromatic nitrogens is 1. The molecule has 0 spiro atoms. The number of carbonyl (C=O) groups excluding carboxylic acids is 3. The Hall–Kier alpha value is -3.02. The van der Waals surface area contributed by atoms with Gasteiger partial charge in [0.2, 0.25) is 5.91 Å². The highest BCUT2D eigenvalue weighted by atomic mass is 32.1. The second-order valence-electron chi connectivity index (χ2n) is 5.48. The van der Waals surface area contributed by atoms with Crippen LogP contribution in [0.3, 0.4) is 0 Å². The molecule has 0 bridgehead atoms. The van der Waals surface area contributed by atoms with Gasteiger partial charge in [-0.05, 0) is 0 Å². The predicted molar refractivity (Wildman–Crippen MR) is 84.0 cm³/mol. The molecule has 2 aromatic rings. The summed E-state index contributed by atoms with van der Waals surface area (Å²) in [5, 5.41) is 5.01. The van der Waals surface area contributed by atoms with Gasteiger partial charge >= 0.3 is 18.1 Å². The zero-order chi connectivity index (χ0) is 18.5. The Balaban J connectivity index is 1.50. The molecule has 136 valence electrons. The number of nitrogens with zero attached hydrogens (tertiary/aromatic N) is 2. The minimum absolute atomic E-state index is 0.107. The number of carbonyl (C=O) groups is 3. The Labute approximate surface area is 147 Å². The summed E-state index contributed by atoms with van der Waals surface area (Å²) in [6, 6.07) is 2.57. The van der Waals surface area contributed by atoms with Crippen molar-refractivity contribution in [1.82, 2.24) is 15.2 Å². The number of rotatable bonds is 1. The molecule has 0 atom stereocenters. The zero-order valence-corrected chi connectivity index (χ0v) is 13.7. The fraction of sp³-hybridized carbons (Fsp3) is 0.286. The minimum Gasteiger partial charge on any atom is -0.395 e. The average Bonchev–Trinajstić information content (AvgIpc) is 3.08. The second-order valence-corrected chi connectivity index (χ2v) is 6.51. The molecule has 0 aliphatic carbocycles. The van der Waals surface area contributed by atoms with Crippen molar-refractivity contribution < 1.29 is 32.6 Å². The molecule has 1 fully saturated rings. The maximum atomic E-state index is 13.0. The molecule has 3 heterocycles. The van der Waals surface area contributed by atoms with Crippen molar-refractivity contribution in [3.8, 4) is 11.5 Å². The molecule has 26 heavy (non-hydrogen) atoms. The second kappa shape index (κ2) is 5.76. The van der Waals surface area contributed by atoms with Crippen molar-refractivity contribution in [3.05, 3.63) is 12.1 Å². The first-order valence-corrected chi connectivity index (χ1v) is 8.20. The van der Waals surface area contributed by atoms with Crippen molar-refractivity contribution in [1.29, 1.82) is 0 Å². The number of benzene rings is 1. The number of ether oxygens (including phenoxy) is 2. The van der Waals surface area contributed by atoms with Gasteiger partial charge in [0.25, 0.3) is 0 Å². The summed E-state index contributed by atoms with van der Waals surface area (Å²) in [7, 11) is 0. The largest absolute Gasteiger partial charge is 0.586 e. The van der Waals surface area contributed by atoms with Gasteiger partial charge in [0.1, 0.15) is 6.54 Å². The van der Waals surface area contributed by atoms with Crippen LogP contribution in [0.5, 0.6) is 11.5 Å². The van der Waals surface area contributed by atoms with Crippen LogP contribution in [0.15, 0.2) is 12.1 Å². The Kier molecular flexibility index (Phi) is 3.64. The maximum absolute atomic E-state index is 13.0. The molecular formula is C14H10F2N4O5S. The lowest BCUT2D eigenvalue weighted by Gasteiger charge is -2.25. The highest BCUT2D eigenvalue weighted by Gasteiger charge is 2.43. The van der Waals surface area contributed by atoms with Gasteiger partial charge in [0.05, 0.1) is 10.2 Å². The van der Waals surface area contributed by atoms with Crippen LogP contribution in [0, 0.1) is 0 Å². The van der Waals surface area contributed by atoms with Crippen LogP contribution in [0.2, 0.25) is 0 Å². The summed E-state index contributed by atoms with van der Waals surface area (Å²) in [5.74, 6) is -2.44. The van der Waals surface area contributed by atoms with E-state index in [9.17, 15) is 23.2 Å². The maximum Gasteiger partial charge on any atom is 0.586 e. The van der Waals surface area contributed by atoms with Gasteiger partial charge in [-0.1, -0.05) is 11.3 Å². The summed E-state index contributed by atoms with van der Waals surface area (Å²) < 4.78 is 35.3. The van der Waals surface area contributed by atoms with Crippen LogP contribution >= 0.6 is 11.3 Å². The first-order chi connectivity index (χ1) is 12.3. The number of alkyl halides is 2. The topological polar surface area (TPSA) is 110 Å². The van der Waals surface area contributed by atoms with E-state index in [4.69, 9.17) is 0 Å². The van der Waals surface area contributed by atoms with Crippen LogP contribution < -0.4 is 20.1 Å². The van der Waals surface area contributed by atoms with Gasteiger partial charge in [0, 0.05) is 25.2 Å². The van der Waals surface area contributed by atoms with Crippen molar-refractivity contribution in [2.24, 2.45) is 0 Å². The van der Waals surface area contributed by atoms with Crippen molar-refractivity contribution in [2.75, 3.05) is 25.0 Å². The Bertz CT molecular complexity index is 902. The van der Waals surface area contributed by atoms with E-state index in [1.807, 2.05) is 0 Å². The number of amides is 3. The molecule has 0 unspecified atom stereocenters. The number of fused-ring (bicyclic) bond motifs is 2. The third-order valence-electron chi connectivity index (χ3n) is 3.65. The highest BCUT2D eigenvalue weighted by molar-refractivity contribution is 7.22. The molecule has 2 aliphatic rings. The van der Waals surface area contributed by atoms with Crippen LogP contribution in [-0.4, -0.2) is 53.5 Å².